The molecule has 1 aromatic rings. The second-order valence-corrected chi connectivity index (χ2v) is 5.05. The minimum atomic E-state index is -1.07. The normalized spacial score (nSPS) is 8.68. The molecule has 0 aromatic heterocycles. The van der Waals surface area contributed by atoms with Gasteiger partial charge in [-0.15, -0.1) is 0 Å². The number of carboxylic acid groups (broad SMARTS) is 1. The molecule has 0 saturated heterocycles. The summed E-state index contributed by atoms with van der Waals surface area (Å²) in [6.45, 7) is 1.78. The van der Waals surface area contributed by atoms with Crippen molar-refractivity contribution in [2.24, 2.45) is 0 Å². The predicted octanol–water partition coefficient (Wildman–Crippen LogP) is -4.12. The second kappa shape index (κ2) is 18.5. The van der Waals surface area contributed by atoms with E-state index in [1.54, 1.807) is 6.07 Å². The fourth-order valence-electron chi connectivity index (χ4n) is 1.11. The van der Waals surface area contributed by atoms with Gasteiger partial charge >= 0.3 is 94.8 Å². The van der Waals surface area contributed by atoms with Crippen molar-refractivity contribution in [1.82, 2.24) is 0 Å². The third-order valence-electron chi connectivity index (χ3n) is 1.96. The van der Waals surface area contributed by atoms with Gasteiger partial charge in [-0.1, -0.05) is 0 Å². The van der Waals surface area contributed by atoms with Gasteiger partial charge in [-0.25, -0.2) is 0 Å². The Kier molecular flexibility index (Phi) is 22.2. The van der Waals surface area contributed by atoms with Crippen molar-refractivity contribution in [3.63, 3.8) is 0 Å². The predicted molar refractivity (Wildman–Crippen MR) is 81.6 cm³/mol. The minimum Gasteiger partial charge on any atom is -0.391 e. The Bertz CT molecular complexity index is 380. The van der Waals surface area contributed by atoms with Gasteiger partial charge in [0.1, 0.15) is 0 Å². The van der Waals surface area contributed by atoms with E-state index < -0.39 is 5.97 Å². The van der Waals surface area contributed by atoms with E-state index in [2.05, 4.69) is 0 Å². The van der Waals surface area contributed by atoms with Crippen molar-refractivity contribution in [2.45, 2.75) is 4.90 Å². The molecule has 128 valence electrons. The summed E-state index contributed by atoms with van der Waals surface area (Å²) in [5.74, 6) is -0.408. The summed E-state index contributed by atoms with van der Waals surface area (Å²) in [5, 5.41) is 28.4. The standard InChI is InChI=1S/C8H8O3S.C4H11NO2.2H2O.Sb/c9-6-3-1-2-4-7(6)12-5-8(10)11;6-3-1-5-2-4-7;;;/h1-4,9H,5H2,(H,10,11);5-7H,1-4H2;2*1H2;/q;;;;+1/p-1. The van der Waals surface area contributed by atoms with Crippen LogP contribution in [0.4, 0.5) is 0 Å². The summed E-state index contributed by atoms with van der Waals surface area (Å²) in [7, 11) is 0. The number of carbonyl (C=O) groups is 1. The van der Waals surface area contributed by atoms with Crippen molar-refractivity contribution in [3.05, 3.63) is 24.3 Å². The summed E-state index contributed by atoms with van der Waals surface area (Å²) in [6, 6.07) is 7.30. The molecule has 0 bridgehead atoms. The SMILES string of the molecule is O.O.O=C([O-])CSc1ccccc1[O][Sb].OCC[NH2+]CCO. The van der Waals surface area contributed by atoms with Crippen LogP contribution in [0.5, 0.6) is 5.75 Å². The van der Waals surface area contributed by atoms with Gasteiger partial charge in [-0.05, 0) is 0 Å². The zero-order chi connectivity index (χ0) is 15.2. The molecule has 0 fully saturated rings. The number of aliphatic hydroxyl groups is 2. The number of carboxylic acids is 1. The first kappa shape index (κ1) is 26.4. The Morgan fingerprint density at radius 3 is 2.23 bits per heavy atom. The Morgan fingerprint density at radius 2 is 1.77 bits per heavy atom. The molecule has 0 spiro atoms. The van der Waals surface area contributed by atoms with Gasteiger partial charge < -0.3 is 26.5 Å². The number of carbonyl (C=O) groups excluding carboxylic acids is 1. The maximum atomic E-state index is 10.2. The molecule has 8 nitrogen and oxygen atoms in total. The number of thioether (sulfide) groups is 1. The average Bonchev–Trinajstić information content (AvgIpc) is 2.46. The molecule has 0 aliphatic heterocycles. The number of aliphatic hydroxyl groups excluding tert-OH is 2. The van der Waals surface area contributed by atoms with Gasteiger partial charge in [0.15, 0.2) is 0 Å². The number of hydrogen-bond donors (Lipinski definition) is 3. The van der Waals surface area contributed by atoms with E-state index in [-0.39, 0.29) is 29.9 Å². The quantitative estimate of drug-likeness (QED) is 0.208. The van der Waals surface area contributed by atoms with Gasteiger partial charge in [0.2, 0.25) is 0 Å². The van der Waals surface area contributed by atoms with E-state index in [0.29, 0.717) is 18.8 Å². The maximum Gasteiger partial charge on any atom is 0.0991 e. The van der Waals surface area contributed by atoms with Crippen LogP contribution >= 0.6 is 11.8 Å². The summed E-state index contributed by atoms with van der Waals surface area (Å²) in [4.78, 5) is 11.0. The van der Waals surface area contributed by atoms with Crippen LogP contribution in [0.2, 0.25) is 0 Å². The maximum absolute atomic E-state index is 10.2. The van der Waals surface area contributed by atoms with Crippen LogP contribution in [0.25, 0.3) is 0 Å². The molecule has 8 N–H and O–H groups in total. The van der Waals surface area contributed by atoms with Crippen LogP contribution < -0.4 is 13.4 Å². The molecule has 2 radical (unpaired) electrons. The summed E-state index contributed by atoms with van der Waals surface area (Å²) in [5.41, 5.74) is 0. The molecule has 0 aliphatic rings. The summed E-state index contributed by atoms with van der Waals surface area (Å²) in [6.07, 6.45) is 0. The molecule has 0 saturated carbocycles. The Labute approximate surface area is 147 Å². The van der Waals surface area contributed by atoms with Gasteiger partial charge in [-0.3, -0.25) is 0 Å². The van der Waals surface area contributed by atoms with Crippen LogP contribution in [0.15, 0.2) is 29.2 Å². The number of para-hydroxylation sites is 1. The van der Waals surface area contributed by atoms with Crippen molar-refractivity contribution in [3.8, 4) is 5.75 Å². The van der Waals surface area contributed by atoms with E-state index in [0.717, 1.165) is 4.90 Å². The van der Waals surface area contributed by atoms with Crippen LogP contribution in [-0.4, -0.2) is 82.6 Å². The summed E-state index contributed by atoms with van der Waals surface area (Å²) >= 11 is 2.41. The van der Waals surface area contributed by atoms with Gasteiger partial charge in [0.05, 0.1) is 26.3 Å². The minimum absolute atomic E-state index is 0. The summed E-state index contributed by atoms with van der Waals surface area (Å²) < 4.78 is 5.09. The van der Waals surface area contributed by atoms with Crippen LogP contribution in [0, 0.1) is 0 Å². The first-order valence-corrected chi connectivity index (χ1v) is 7.95. The van der Waals surface area contributed by atoms with Crippen LogP contribution in [0.3, 0.4) is 0 Å². The third kappa shape index (κ3) is 14.4. The van der Waals surface area contributed by atoms with Gasteiger partial charge in [-0.2, -0.15) is 0 Å². The number of aliphatic carboxylic acids is 1. The second-order valence-electron chi connectivity index (χ2n) is 3.51. The molecule has 0 heterocycles. The van der Waals surface area contributed by atoms with E-state index >= 15 is 0 Å². The number of nitrogens with two attached hydrogens (primary N) is 1. The number of rotatable bonds is 8. The van der Waals surface area contributed by atoms with Crippen LogP contribution in [0.1, 0.15) is 0 Å². The molecule has 0 unspecified atom stereocenters. The van der Waals surface area contributed by atoms with Crippen LogP contribution in [-0.2, 0) is 4.79 Å². The Balaban J connectivity index is -0.000000350. The van der Waals surface area contributed by atoms with Crippen molar-refractivity contribution in [2.75, 3.05) is 32.1 Å². The smallest absolute Gasteiger partial charge is 0.0991 e. The molecule has 0 atom stereocenters. The molecular weight excluding hydrogens is 424 g/mol. The Hall–Kier alpha value is -0.542. The topological polar surface area (TPSA) is 169 Å². The van der Waals surface area contributed by atoms with E-state index in [4.69, 9.17) is 13.2 Å². The molecule has 10 heteroatoms. The fourth-order valence-corrected chi connectivity index (χ4v) is 2.45. The van der Waals surface area contributed by atoms with E-state index in [1.165, 1.54) is 35.2 Å². The first-order chi connectivity index (χ1) is 9.65. The Morgan fingerprint density at radius 1 is 1.23 bits per heavy atom. The van der Waals surface area contributed by atoms with Crippen molar-refractivity contribution in [1.29, 1.82) is 0 Å². The fraction of sp³-hybridized carbons (Fsp3) is 0.417. The molecular formula is C12H22NO7SSb. The molecule has 1 rings (SSSR count). The number of benzene rings is 1. The average molecular weight is 446 g/mol. The van der Waals surface area contributed by atoms with E-state index in [9.17, 15) is 9.90 Å². The zero-order valence-electron chi connectivity index (χ0n) is 11.9. The largest absolute Gasteiger partial charge is 0.391 e. The first-order valence-electron chi connectivity index (χ1n) is 5.92. The molecule has 1 aromatic carbocycles. The number of quaternary nitrogens is 1. The van der Waals surface area contributed by atoms with Gasteiger partial charge in [0.25, 0.3) is 0 Å². The monoisotopic (exact) mass is 445 g/mol. The molecule has 0 amide bonds. The zero-order valence-corrected chi connectivity index (χ0v) is 15.3. The van der Waals surface area contributed by atoms with Crippen molar-refractivity contribution < 1.29 is 39.4 Å². The molecule has 0 aliphatic carbocycles. The third-order valence-corrected chi connectivity index (χ3v) is 3.55. The molecule has 22 heavy (non-hydrogen) atoms. The van der Waals surface area contributed by atoms with Gasteiger partial charge in [0, 0.05) is 0 Å². The van der Waals surface area contributed by atoms with E-state index in [1.807, 2.05) is 23.5 Å². The van der Waals surface area contributed by atoms with Crippen molar-refractivity contribution >= 4 is 41.2 Å². The number of hydrogen-bond acceptors (Lipinski definition) is 6.